The van der Waals surface area contributed by atoms with Gasteiger partial charge in [0.05, 0.1) is 16.9 Å². The van der Waals surface area contributed by atoms with Crippen molar-refractivity contribution in [2.24, 2.45) is 0 Å². The molecule has 13 rings (SSSR count). The Bertz CT molecular complexity index is 3710. The lowest BCUT2D eigenvalue weighted by atomic mass is 9.99. The lowest BCUT2D eigenvalue weighted by Crippen LogP contribution is -2.12. The van der Waals surface area contributed by atoms with Crippen molar-refractivity contribution in [3.05, 3.63) is 198 Å². The molecule has 0 amide bonds. The summed E-state index contributed by atoms with van der Waals surface area (Å²) in [6.45, 7) is 8.77. The fourth-order valence-corrected chi connectivity index (χ4v) is 10.4. The molecule has 0 aliphatic carbocycles. The number of hydrogen-bond acceptors (Lipinski definition) is 4. The largest absolute Gasteiger partial charge is 0.454 e. The molecule has 0 saturated heterocycles. The highest BCUT2D eigenvalue weighted by molar-refractivity contribution is 6.36. The van der Waals surface area contributed by atoms with Gasteiger partial charge in [-0.2, -0.15) is 0 Å². The van der Waals surface area contributed by atoms with Gasteiger partial charge in [0, 0.05) is 65.8 Å². The minimum Gasteiger partial charge on any atom is -0.454 e. The van der Waals surface area contributed by atoms with Gasteiger partial charge in [0.15, 0.2) is 11.2 Å². The minimum atomic E-state index is 0.850. The number of fused-ring (bicyclic) bond motifs is 14. The molecular formula is C58H41N3O2. The standard InChI is InChI=1S/C58H41N3O2/c1-34-26-28-36(3)46(30-34)59(38-16-7-5-8-17-38)48-32-44-40-20-11-13-24-50(40)62-57(44)55-52(48)42-22-15-23-43-53-49(60(39-18-9-6-10-19-39)47-31-35(2)27-29-37(47)4)33-45-41-21-12-14-25-51(41)63-58(45)56(53)61(55)54(42)43/h5-33H,1-4H3. The van der Waals surface area contributed by atoms with Crippen molar-refractivity contribution in [1.82, 2.24) is 4.40 Å². The van der Waals surface area contributed by atoms with Gasteiger partial charge in [0.25, 0.3) is 0 Å². The van der Waals surface area contributed by atoms with Crippen LogP contribution < -0.4 is 9.80 Å². The molecule has 300 valence electrons. The van der Waals surface area contributed by atoms with E-state index >= 15 is 0 Å². The maximum atomic E-state index is 7.10. The molecule has 13 aromatic rings. The number of benzene rings is 9. The highest BCUT2D eigenvalue weighted by atomic mass is 16.3. The Morgan fingerprint density at radius 2 is 0.762 bits per heavy atom. The third-order valence-corrected chi connectivity index (χ3v) is 13.2. The Labute approximate surface area is 363 Å². The number of anilines is 6. The zero-order chi connectivity index (χ0) is 42.1. The molecule has 0 N–H and O–H groups in total. The van der Waals surface area contributed by atoms with E-state index in [1.807, 2.05) is 0 Å². The molecule has 5 nitrogen and oxygen atoms in total. The van der Waals surface area contributed by atoms with E-state index in [0.717, 1.165) is 116 Å². The summed E-state index contributed by atoms with van der Waals surface area (Å²) in [4.78, 5) is 4.91. The molecule has 4 aromatic heterocycles. The van der Waals surface area contributed by atoms with Crippen LogP contribution in [0.4, 0.5) is 34.1 Å². The Hall–Kier alpha value is -8.02. The van der Waals surface area contributed by atoms with Gasteiger partial charge in [-0.15, -0.1) is 0 Å². The van der Waals surface area contributed by atoms with Crippen LogP contribution in [0.2, 0.25) is 0 Å². The average Bonchev–Trinajstić information content (AvgIpc) is 4.07. The van der Waals surface area contributed by atoms with Gasteiger partial charge in [-0.05, 0) is 111 Å². The first kappa shape index (κ1) is 35.7. The second-order valence-corrected chi connectivity index (χ2v) is 17.1. The summed E-state index contributed by atoms with van der Waals surface area (Å²) in [5.41, 5.74) is 18.0. The van der Waals surface area contributed by atoms with Crippen LogP contribution in [0.15, 0.2) is 185 Å². The van der Waals surface area contributed by atoms with Crippen molar-refractivity contribution in [3.63, 3.8) is 0 Å². The Kier molecular flexibility index (Phi) is 7.50. The van der Waals surface area contributed by atoms with Crippen LogP contribution in [0.3, 0.4) is 0 Å². The fraction of sp³-hybridized carbons (Fsp3) is 0.0690. The van der Waals surface area contributed by atoms with Gasteiger partial charge in [0.1, 0.15) is 22.2 Å². The molecule has 0 radical (unpaired) electrons. The Morgan fingerprint density at radius 3 is 1.22 bits per heavy atom. The molecule has 9 aromatic carbocycles. The Morgan fingerprint density at radius 1 is 0.349 bits per heavy atom. The van der Waals surface area contributed by atoms with Crippen molar-refractivity contribution < 1.29 is 8.83 Å². The quantitative estimate of drug-likeness (QED) is 0.168. The second kappa shape index (κ2) is 13.2. The maximum Gasteiger partial charge on any atom is 0.160 e. The van der Waals surface area contributed by atoms with Crippen LogP contribution >= 0.6 is 0 Å². The predicted octanol–water partition coefficient (Wildman–Crippen LogP) is 16.8. The number of aryl methyl sites for hydroxylation is 4. The zero-order valence-electron chi connectivity index (χ0n) is 35.4. The summed E-state index contributed by atoms with van der Waals surface area (Å²) >= 11 is 0. The van der Waals surface area contributed by atoms with E-state index in [1.165, 1.54) is 22.3 Å². The molecule has 0 bridgehead atoms. The van der Waals surface area contributed by atoms with Crippen LogP contribution in [-0.4, -0.2) is 4.40 Å². The van der Waals surface area contributed by atoms with Crippen molar-refractivity contribution >= 4 is 116 Å². The summed E-state index contributed by atoms with van der Waals surface area (Å²) in [5.74, 6) is 0. The van der Waals surface area contributed by atoms with E-state index in [2.05, 4.69) is 218 Å². The normalized spacial score (nSPS) is 12.1. The van der Waals surface area contributed by atoms with Crippen molar-refractivity contribution in [1.29, 1.82) is 0 Å². The fourth-order valence-electron chi connectivity index (χ4n) is 10.4. The van der Waals surface area contributed by atoms with Crippen molar-refractivity contribution in [2.45, 2.75) is 27.7 Å². The average molecular weight is 812 g/mol. The van der Waals surface area contributed by atoms with Gasteiger partial charge in [-0.1, -0.05) is 115 Å². The van der Waals surface area contributed by atoms with Crippen LogP contribution in [0.5, 0.6) is 0 Å². The topological polar surface area (TPSA) is 37.2 Å². The van der Waals surface area contributed by atoms with Crippen molar-refractivity contribution in [2.75, 3.05) is 9.80 Å². The molecule has 4 heterocycles. The summed E-state index contributed by atoms with van der Waals surface area (Å²) in [6.07, 6.45) is 0. The van der Waals surface area contributed by atoms with E-state index in [0.29, 0.717) is 0 Å². The molecule has 0 aliphatic heterocycles. The van der Waals surface area contributed by atoms with Crippen molar-refractivity contribution in [3.8, 4) is 0 Å². The number of furan rings is 2. The van der Waals surface area contributed by atoms with Gasteiger partial charge in [-0.25, -0.2) is 0 Å². The highest BCUT2D eigenvalue weighted by Crippen LogP contribution is 2.54. The minimum absolute atomic E-state index is 0.850. The van der Waals surface area contributed by atoms with Crippen LogP contribution in [0.1, 0.15) is 22.3 Å². The van der Waals surface area contributed by atoms with Gasteiger partial charge in [-0.3, -0.25) is 0 Å². The SMILES string of the molecule is Cc1ccc(C)c(N(c2ccccc2)c2cc3c4ccccc4oc3c3c2c2cccc4c5c(N(c6ccccc6)c6cc(C)ccc6C)cc6c7ccccc7oc6c5n3c24)c1. The van der Waals surface area contributed by atoms with E-state index in [9.17, 15) is 0 Å². The first-order valence-corrected chi connectivity index (χ1v) is 21.7. The van der Waals surface area contributed by atoms with Crippen LogP contribution in [-0.2, 0) is 0 Å². The number of rotatable bonds is 6. The lowest BCUT2D eigenvalue weighted by Gasteiger charge is -2.29. The number of para-hydroxylation sites is 5. The Balaban J connectivity index is 1.29. The smallest absolute Gasteiger partial charge is 0.160 e. The molecule has 63 heavy (non-hydrogen) atoms. The number of nitrogens with zero attached hydrogens (tertiary/aromatic N) is 3. The molecule has 0 unspecified atom stereocenters. The zero-order valence-corrected chi connectivity index (χ0v) is 35.4. The van der Waals surface area contributed by atoms with E-state index < -0.39 is 0 Å². The molecule has 0 aliphatic rings. The number of aromatic nitrogens is 1. The molecule has 0 atom stereocenters. The van der Waals surface area contributed by atoms with E-state index in [-0.39, 0.29) is 0 Å². The summed E-state index contributed by atoms with van der Waals surface area (Å²) in [6, 6.07) is 63.5. The highest BCUT2D eigenvalue weighted by Gasteiger charge is 2.32. The molecule has 0 spiro atoms. The summed E-state index contributed by atoms with van der Waals surface area (Å²) < 4.78 is 16.7. The maximum absolute atomic E-state index is 7.10. The molecular weight excluding hydrogens is 771 g/mol. The summed E-state index contributed by atoms with van der Waals surface area (Å²) in [5, 5.41) is 8.82. The first-order chi connectivity index (χ1) is 30.9. The predicted molar refractivity (Wildman–Crippen MR) is 264 cm³/mol. The monoisotopic (exact) mass is 811 g/mol. The third kappa shape index (κ3) is 5.05. The van der Waals surface area contributed by atoms with Gasteiger partial charge in [0.2, 0.25) is 0 Å². The second-order valence-electron chi connectivity index (χ2n) is 17.1. The molecule has 5 heteroatoms. The third-order valence-electron chi connectivity index (χ3n) is 13.2. The van der Waals surface area contributed by atoms with E-state index in [1.54, 1.807) is 0 Å². The summed E-state index contributed by atoms with van der Waals surface area (Å²) in [7, 11) is 0. The molecule has 0 fully saturated rings. The number of hydrogen-bond donors (Lipinski definition) is 0. The molecule has 0 saturated carbocycles. The van der Waals surface area contributed by atoms with E-state index in [4.69, 9.17) is 8.83 Å². The van der Waals surface area contributed by atoms with Gasteiger partial charge < -0.3 is 23.0 Å². The van der Waals surface area contributed by atoms with Crippen LogP contribution in [0.25, 0.3) is 82.0 Å². The lowest BCUT2D eigenvalue weighted by molar-refractivity contribution is 0.670. The first-order valence-electron chi connectivity index (χ1n) is 21.7. The van der Waals surface area contributed by atoms with Crippen LogP contribution in [0, 0.1) is 27.7 Å². The van der Waals surface area contributed by atoms with Gasteiger partial charge >= 0.3 is 0 Å².